The van der Waals surface area contributed by atoms with Crippen molar-refractivity contribution in [3.05, 3.63) is 29.8 Å². The number of ether oxygens (including phenoxy) is 1. The van der Waals surface area contributed by atoms with Gasteiger partial charge in [-0.3, -0.25) is 0 Å². The van der Waals surface area contributed by atoms with E-state index in [0.29, 0.717) is 24.6 Å². The summed E-state index contributed by atoms with van der Waals surface area (Å²) in [6.45, 7) is 3.09. The van der Waals surface area contributed by atoms with Crippen LogP contribution in [0.3, 0.4) is 0 Å². The topological polar surface area (TPSA) is 83.9 Å². The Balaban J connectivity index is 2.39. The molecule has 0 aliphatic carbocycles. The Labute approximate surface area is 136 Å². The highest BCUT2D eigenvalue weighted by Crippen LogP contribution is 2.30. The van der Waals surface area contributed by atoms with E-state index in [1.165, 1.54) is 23.6 Å². The third-order valence-electron chi connectivity index (χ3n) is 3.97. The van der Waals surface area contributed by atoms with Gasteiger partial charge in [-0.2, -0.15) is 4.31 Å². The number of carbonyl (C=O) groups is 1. The van der Waals surface area contributed by atoms with Gasteiger partial charge in [-0.15, -0.1) is 0 Å². The second-order valence-corrected chi connectivity index (χ2v) is 7.57. The lowest BCUT2D eigenvalue weighted by Crippen LogP contribution is -2.38. The number of hydrogen-bond acceptors (Lipinski definition) is 4. The molecule has 1 saturated heterocycles. The number of piperidine rings is 1. The summed E-state index contributed by atoms with van der Waals surface area (Å²) < 4.78 is 32.4. The predicted molar refractivity (Wildman–Crippen MR) is 86.8 cm³/mol. The molecular weight excluding hydrogens is 318 g/mol. The van der Waals surface area contributed by atoms with E-state index in [0.717, 1.165) is 18.9 Å². The summed E-state index contributed by atoms with van der Waals surface area (Å²) in [4.78, 5) is 10.7. The molecule has 0 unspecified atom stereocenters. The summed E-state index contributed by atoms with van der Waals surface area (Å²) in [5.74, 6) is -0.306. The molecule has 1 aromatic carbocycles. The maximum atomic E-state index is 12.9. The van der Waals surface area contributed by atoms with Crippen molar-refractivity contribution in [1.29, 1.82) is 0 Å². The second kappa shape index (κ2) is 7.14. The van der Waals surface area contributed by atoms with Gasteiger partial charge in [0, 0.05) is 19.2 Å². The molecule has 6 nitrogen and oxygen atoms in total. The van der Waals surface area contributed by atoms with Crippen molar-refractivity contribution in [2.45, 2.75) is 24.7 Å². The Hall–Kier alpha value is -1.86. The standard InChI is InChI=1S/C16H21NO5S/c1-12-7-9-17(10-8-12)23(20,21)15-11-13(4-6-16(18)19)3-5-14(15)22-2/h3-6,11-12H,7-10H2,1-2H3,(H,18,19)/b6-4+. The van der Waals surface area contributed by atoms with Gasteiger partial charge in [0.1, 0.15) is 10.6 Å². The summed E-state index contributed by atoms with van der Waals surface area (Å²) in [7, 11) is -2.25. The molecule has 1 aliphatic heterocycles. The third kappa shape index (κ3) is 4.11. The van der Waals surface area contributed by atoms with Crippen molar-refractivity contribution in [2.75, 3.05) is 20.2 Å². The number of carboxylic acids is 1. The zero-order valence-corrected chi connectivity index (χ0v) is 14.0. The van der Waals surface area contributed by atoms with Crippen molar-refractivity contribution >= 4 is 22.1 Å². The minimum atomic E-state index is -3.66. The maximum Gasteiger partial charge on any atom is 0.328 e. The molecule has 1 N–H and O–H groups in total. The number of hydrogen-bond donors (Lipinski definition) is 1. The molecule has 2 rings (SSSR count). The van der Waals surface area contributed by atoms with Crippen molar-refractivity contribution < 1.29 is 23.1 Å². The molecule has 7 heteroatoms. The number of nitrogens with zero attached hydrogens (tertiary/aromatic N) is 1. The average Bonchev–Trinajstić information content (AvgIpc) is 2.53. The number of rotatable bonds is 5. The van der Waals surface area contributed by atoms with Gasteiger partial charge in [0.2, 0.25) is 10.0 Å². The van der Waals surface area contributed by atoms with Gasteiger partial charge in [-0.25, -0.2) is 13.2 Å². The first-order valence-corrected chi connectivity index (χ1v) is 8.88. The van der Waals surface area contributed by atoms with Crippen LogP contribution in [0.1, 0.15) is 25.3 Å². The second-order valence-electron chi connectivity index (χ2n) is 5.67. The van der Waals surface area contributed by atoms with Crippen LogP contribution in [-0.2, 0) is 14.8 Å². The zero-order chi connectivity index (χ0) is 17.0. The minimum absolute atomic E-state index is 0.0714. The van der Waals surface area contributed by atoms with Crippen LogP contribution in [0.2, 0.25) is 0 Å². The van der Waals surface area contributed by atoms with Gasteiger partial charge in [0.05, 0.1) is 7.11 Å². The minimum Gasteiger partial charge on any atom is -0.495 e. The molecule has 1 fully saturated rings. The molecule has 0 bridgehead atoms. The highest BCUT2D eigenvalue weighted by atomic mass is 32.2. The van der Waals surface area contributed by atoms with Crippen molar-refractivity contribution in [3.63, 3.8) is 0 Å². The maximum absolute atomic E-state index is 12.9. The van der Waals surface area contributed by atoms with E-state index < -0.39 is 16.0 Å². The monoisotopic (exact) mass is 339 g/mol. The third-order valence-corrected chi connectivity index (χ3v) is 5.89. The van der Waals surface area contributed by atoms with Crippen molar-refractivity contribution in [3.8, 4) is 5.75 Å². The SMILES string of the molecule is COc1ccc(/C=C/C(=O)O)cc1S(=O)(=O)N1CCC(C)CC1. The van der Waals surface area contributed by atoms with Crippen LogP contribution in [0.25, 0.3) is 6.08 Å². The Kier molecular flexibility index (Phi) is 5.43. The summed E-state index contributed by atoms with van der Waals surface area (Å²) in [6.07, 6.45) is 4.00. The van der Waals surface area contributed by atoms with E-state index >= 15 is 0 Å². The molecule has 0 amide bonds. The van der Waals surface area contributed by atoms with Crippen molar-refractivity contribution in [1.82, 2.24) is 4.31 Å². The molecule has 0 atom stereocenters. The van der Waals surface area contributed by atoms with Crippen LogP contribution in [0, 0.1) is 5.92 Å². The molecule has 0 radical (unpaired) electrons. The summed E-state index contributed by atoms with van der Waals surface area (Å²) in [5.41, 5.74) is 0.497. The molecule has 1 aliphatic rings. The van der Waals surface area contributed by atoms with Gasteiger partial charge in [-0.1, -0.05) is 13.0 Å². The highest BCUT2D eigenvalue weighted by molar-refractivity contribution is 7.89. The van der Waals surface area contributed by atoms with E-state index in [4.69, 9.17) is 9.84 Å². The van der Waals surface area contributed by atoms with Crippen LogP contribution >= 0.6 is 0 Å². The van der Waals surface area contributed by atoms with Crippen LogP contribution in [-0.4, -0.2) is 44.0 Å². The Morgan fingerprint density at radius 1 is 1.35 bits per heavy atom. The fourth-order valence-electron chi connectivity index (χ4n) is 2.53. The molecule has 0 spiro atoms. The summed E-state index contributed by atoms with van der Waals surface area (Å²) in [6, 6.07) is 4.61. The summed E-state index contributed by atoms with van der Waals surface area (Å²) in [5, 5.41) is 8.70. The van der Waals surface area contributed by atoms with Gasteiger partial charge in [0.15, 0.2) is 0 Å². The lowest BCUT2D eigenvalue weighted by molar-refractivity contribution is -0.131. The Bertz CT molecular complexity index is 703. The quantitative estimate of drug-likeness (QED) is 0.832. The molecule has 1 aromatic rings. The highest BCUT2D eigenvalue weighted by Gasteiger charge is 2.30. The van der Waals surface area contributed by atoms with Gasteiger partial charge in [-0.05, 0) is 42.5 Å². The van der Waals surface area contributed by atoms with Crippen LogP contribution in [0.5, 0.6) is 5.75 Å². The Morgan fingerprint density at radius 2 is 2.00 bits per heavy atom. The van der Waals surface area contributed by atoms with Gasteiger partial charge < -0.3 is 9.84 Å². The van der Waals surface area contributed by atoms with E-state index in [1.807, 2.05) is 0 Å². The molecular formula is C16H21NO5S. The predicted octanol–water partition coefficient (Wildman–Crippen LogP) is 2.21. The summed E-state index contributed by atoms with van der Waals surface area (Å²) >= 11 is 0. The number of benzene rings is 1. The first-order chi connectivity index (χ1) is 10.8. The molecule has 1 heterocycles. The molecule has 0 saturated carbocycles. The van der Waals surface area contributed by atoms with E-state index in [-0.39, 0.29) is 10.6 Å². The molecule has 23 heavy (non-hydrogen) atoms. The van der Waals surface area contributed by atoms with E-state index in [9.17, 15) is 13.2 Å². The first-order valence-electron chi connectivity index (χ1n) is 7.44. The lowest BCUT2D eigenvalue weighted by Gasteiger charge is -2.29. The van der Waals surface area contributed by atoms with Crippen LogP contribution in [0.15, 0.2) is 29.2 Å². The average molecular weight is 339 g/mol. The lowest BCUT2D eigenvalue weighted by atomic mass is 10.0. The normalized spacial score (nSPS) is 17.5. The van der Waals surface area contributed by atoms with Gasteiger partial charge >= 0.3 is 5.97 Å². The smallest absolute Gasteiger partial charge is 0.328 e. The number of aliphatic carboxylic acids is 1. The molecule has 126 valence electrons. The largest absolute Gasteiger partial charge is 0.495 e. The van der Waals surface area contributed by atoms with Crippen LogP contribution in [0.4, 0.5) is 0 Å². The number of methoxy groups -OCH3 is 1. The fourth-order valence-corrected chi connectivity index (χ4v) is 4.19. The van der Waals surface area contributed by atoms with Gasteiger partial charge in [0.25, 0.3) is 0 Å². The molecule has 0 aromatic heterocycles. The van der Waals surface area contributed by atoms with E-state index in [2.05, 4.69) is 6.92 Å². The van der Waals surface area contributed by atoms with E-state index in [1.54, 1.807) is 12.1 Å². The number of sulfonamides is 1. The zero-order valence-electron chi connectivity index (χ0n) is 13.2. The fraction of sp³-hybridized carbons (Fsp3) is 0.438. The van der Waals surface area contributed by atoms with Crippen LogP contribution < -0.4 is 4.74 Å². The number of carboxylic acid groups (broad SMARTS) is 1. The Morgan fingerprint density at radius 3 is 2.57 bits per heavy atom. The van der Waals surface area contributed by atoms with Crippen molar-refractivity contribution in [2.24, 2.45) is 5.92 Å². The first kappa shape index (κ1) is 17.5.